The lowest BCUT2D eigenvalue weighted by Gasteiger charge is -2.06. The van der Waals surface area contributed by atoms with Crippen LogP contribution >= 0.6 is 11.6 Å². The lowest BCUT2D eigenvalue weighted by Crippen LogP contribution is -2.18. The van der Waals surface area contributed by atoms with Crippen LogP contribution in [-0.2, 0) is 0 Å². The van der Waals surface area contributed by atoms with Gasteiger partial charge in [-0.3, -0.25) is 0 Å². The average molecular weight is 254 g/mol. The first kappa shape index (κ1) is 12.6. The summed E-state index contributed by atoms with van der Waals surface area (Å²) in [6, 6.07) is 5.63. The molecule has 0 unspecified atom stereocenters. The zero-order chi connectivity index (χ0) is 12.3. The summed E-state index contributed by atoms with van der Waals surface area (Å²) in [7, 11) is 0. The minimum Gasteiger partial charge on any atom is -0.310 e. The van der Waals surface area contributed by atoms with Gasteiger partial charge in [0.2, 0.25) is 0 Å². The van der Waals surface area contributed by atoms with Crippen molar-refractivity contribution < 1.29 is 4.39 Å². The van der Waals surface area contributed by atoms with Crippen molar-refractivity contribution in [3.8, 4) is 0 Å². The predicted molar refractivity (Wildman–Crippen MR) is 70.7 cm³/mol. The molecule has 1 aliphatic carbocycles. The Hall–Kier alpha value is -0.860. The maximum absolute atomic E-state index is 13.3. The van der Waals surface area contributed by atoms with E-state index >= 15 is 0 Å². The lowest BCUT2D eigenvalue weighted by molar-refractivity contribution is 0.628. The maximum Gasteiger partial charge on any atom is 0.142 e. The van der Waals surface area contributed by atoms with Crippen LogP contribution in [0.3, 0.4) is 0 Å². The largest absolute Gasteiger partial charge is 0.310 e. The Morgan fingerprint density at radius 3 is 2.88 bits per heavy atom. The summed E-state index contributed by atoms with van der Waals surface area (Å²) in [6.07, 6.45) is 5.58. The topological polar surface area (TPSA) is 12.0 Å². The molecule has 0 radical (unpaired) electrons. The molecular weight excluding hydrogens is 237 g/mol. The van der Waals surface area contributed by atoms with E-state index in [4.69, 9.17) is 11.6 Å². The second kappa shape index (κ2) is 5.65. The van der Waals surface area contributed by atoms with E-state index in [1.54, 1.807) is 6.07 Å². The Bertz CT molecular complexity index is 424. The van der Waals surface area contributed by atoms with Gasteiger partial charge in [-0.2, -0.15) is 0 Å². The second-order valence-electron chi connectivity index (χ2n) is 4.48. The van der Waals surface area contributed by atoms with Gasteiger partial charge in [0.25, 0.3) is 0 Å². The number of halogens is 2. The Labute approximate surface area is 107 Å². The smallest absolute Gasteiger partial charge is 0.142 e. The van der Waals surface area contributed by atoms with Gasteiger partial charge in [0.1, 0.15) is 5.82 Å². The molecule has 17 heavy (non-hydrogen) atoms. The second-order valence-corrected chi connectivity index (χ2v) is 4.89. The van der Waals surface area contributed by atoms with Crippen molar-refractivity contribution in [2.45, 2.75) is 32.2 Å². The summed E-state index contributed by atoms with van der Waals surface area (Å²) in [5, 5.41) is 3.64. The van der Waals surface area contributed by atoms with Crippen LogP contribution in [0.4, 0.5) is 4.39 Å². The van der Waals surface area contributed by atoms with Gasteiger partial charge < -0.3 is 5.32 Å². The van der Waals surface area contributed by atoms with Crippen molar-refractivity contribution in [3.05, 3.63) is 40.2 Å². The molecule has 3 heteroatoms. The van der Waals surface area contributed by atoms with E-state index in [0.29, 0.717) is 6.04 Å². The molecule has 1 aromatic rings. The van der Waals surface area contributed by atoms with Crippen molar-refractivity contribution in [1.29, 1.82) is 0 Å². The molecule has 0 amide bonds. The van der Waals surface area contributed by atoms with E-state index in [1.807, 2.05) is 12.1 Å². The molecule has 0 heterocycles. The van der Waals surface area contributed by atoms with Gasteiger partial charge in [0, 0.05) is 12.6 Å². The van der Waals surface area contributed by atoms with Crippen LogP contribution in [-0.4, -0.2) is 12.6 Å². The van der Waals surface area contributed by atoms with Crippen LogP contribution in [0.25, 0.3) is 6.08 Å². The summed E-state index contributed by atoms with van der Waals surface area (Å²) in [4.78, 5) is 0. The Balaban J connectivity index is 2.04. The van der Waals surface area contributed by atoms with Crippen LogP contribution in [0.2, 0.25) is 5.02 Å². The number of nitrogens with one attached hydrogen (secondary N) is 1. The van der Waals surface area contributed by atoms with Crippen LogP contribution in [0.1, 0.15) is 31.7 Å². The zero-order valence-electron chi connectivity index (χ0n) is 9.97. The Morgan fingerprint density at radius 2 is 2.29 bits per heavy atom. The fraction of sp³-hybridized carbons (Fsp3) is 0.429. The molecule has 0 saturated heterocycles. The lowest BCUT2D eigenvalue weighted by atomic mass is 10.1. The van der Waals surface area contributed by atoms with Crippen molar-refractivity contribution in [2.75, 3.05) is 6.54 Å². The molecule has 0 aromatic heterocycles. The third-order valence-electron chi connectivity index (χ3n) is 2.96. The number of rotatable bonds is 5. The van der Waals surface area contributed by atoms with Crippen LogP contribution in [0.15, 0.2) is 23.8 Å². The molecule has 0 aliphatic heterocycles. The van der Waals surface area contributed by atoms with E-state index in [1.165, 1.54) is 24.5 Å². The highest BCUT2D eigenvalue weighted by Gasteiger charge is 2.19. The highest BCUT2D eigenvalue weighted by molar-refractivity contribution is 6.30. The average Bonchev–Trinajstić information content (AvgIpc) is 3.13. The van der Waals surface area contributed by atoms with E-state index < -0.39 is 0 Å². The first-order valence-electron chi connectivity index (χ1n) is 6.07. The molecular formula is C14H17ClFN. The van der Waals surface area contributed by atoms with Crippen molar-refractivity contribution in [1.82, 2.24) is 5.32 Å². The highest BCUT2D eigenvalue weighted by Crippen LogP contribution is 2.20. The van der Waals surface area contributed by atoms with E-state index in [-0.39, 0.29) is 10.8 Å². The normalized spacial score (nSPS) is 16.3. The zero-order valence-corrected chi connectivity index (χ0v) is 10.7. The SMILES string of the molecule is CCC(=Cc1ccc(Cl)c(F)c1)CNC1CC1. The molecule has 1 N–H and O–H groups in total. The van der Waals surface area contributed by atoms with E-state index in [2.05, 4.69) is 12.2 Å². The van der Waals surface area contributed by atoms with Crippen molar-refractivity contribution in [2.24, 2.45) is 0 Å². The molecule has 1 aromatic carbocycles. The quantitative estimate of drug-likeness (QED) is 0.836. The van der Waals surface area contributed by atoms with Crippen LogP contribution in [0.5, 0.6) is 0 Å². The summed E-state index contributed by atoms with van der Waals surface area (Å²) in [6.45, 7) is 3.01. The van der Waals surface area contributed by atoms with Gasteiger partial charge in [-0.15, -0.1) is 0 Å². The van der Waals surface area contributed by atoms with Crippen molar-refractivity contribution in [3.63, 3.8) is 0 Å². The standard InChI is InChI=1S/C14H17ClFN/c1-2-10(9-17-12-4-5-12)7-11-3-6-13(15)14(16)8-11/h3,6-8,12,17H,2,4-5,9H2,1H3. The molecule has 1 nitrogen and oxygen atoms in total. The molecule has 0 spiro atoms. The molecule has 1 aliphatic rings. The fourth-order valence-electron chi connectivity index (χ4n) is 1.68. The summed E-state index contributed by atoms with van der Waals surface area (Å²) < 4.78 is 13.3. The monoisotopic (exact) mass is 253 g/mol. The molecule has 0 bridgehead atoms. The van der Waals surface area contributed by atoms with E-state index in [9.17, 15) is 4.39 Å². The van der Waals surface area contributed by atoms with E-state index in [0.717, 1.165) is 18.5 Å². The Kier molecular flexibility index (Phi) is 4.19. The first-order valence-corrected chi connectivity index (χ1v) is 6.44. The summed E-state index contributed by atoms with van der Waals surface area (Å²) in [5.41, 5.74) is 2.17. The minimum absolute atomic E-state index is 0.177. The Morgan fingerprint density at radius 1 is 1.53 bits per heavy atom. The van der Waals surface area contributed by atoms with Gasteiger partial charge in [0.15, 0.2) is 0 Å². The van der Waals surface area contributed by atoms with Crippen LogP contribution < -0.4 is 5.32 Å². The summed E-state index contributed by atoms with van der Waals surface area (Å²) in [5.74, 6) is -0.356. The summed E-state index contributed by atoms with van der Waals surface area (Å²) >= 11 is 5.65. The molecule has 1 saturated carbocycles. The molecule has 1 fully saturated rings. The number of benzene rings is 1. The van der Waals surface area contributed by atoms with Gasteiger partial charge in [-0.25, -0.2) is 4.39 Å². The van der Waals surface area contributed by atoms with Gasteiger partial charge >= 0.3 is 0 Å². The number of hydrogen-bond acceptors (Lipinski definition) is 1. The molecule has 2 rings (SSSR count). The fourth-order valence-corrected chi connectivity index (χ4v) is 1.80. The maximum atomic E-state index is 13.3. The third kappa shape index (κ3) is 3.83. The van der Waals surface area contributed by atoms with Crippen molar-refractivity contribution >= 4 is 17.7 Å². The first-order chi connectivity index (χ1) is 8.19. The third-order valence-corrected chi connectivity index (χ3v) is 3.27. The number of hydrogen-bond donors (Lipinski definition) is 1. The van der Waals surface area contributed by atoms with Gasteiger partial charge in [-0.1, -0.05) is 36.2 Å². The van der Waals surface area contributed by atoms with Crippen LogP contribution in [0, 0.1) is 5.82 Å². The highest BCUT2D eigenvalue weighted by atomic mass is 35.5. The molecule has 0 atom stereocenters. The predicted octanol–water partition coefficient (Wildman–Crippen LogP) is 4.02. The van der Waals surface area contributed by atoms with Gasteiger partial charge in [-0.05, 0) is 37.0 Å². The minimum atomic E-state index is -0.356. The molecule has 92 valence electrons. The van der Waals surface area contributed by atoms with Gasteiger partial charge in [0.05, 0.1) is 5.02 Å².